The van der Waals surface area contributed by atoms with Crippen LogP contribution in [-0.2, 0) is 10.0 Å². The van der Waals surface area contributed by atoms with E-state index in [4.69, 9.17) is 5.11 Å². The zero-order chi connectivity index (χ0) is 14.9. The lowest BCUT2D eigenvalue weighted by atomic mass is 10.2. The number of aromatic amines is 1. The molecule has 0 saturated heterocycles. The zero-order valence-corrected chi connectivity index (χ0v) is 12.4. The van der Waals surface area contributed by atoms with Gasteiger partial charge in [-0.2, -0.15) is 16.4 Å². The Morgan fingerprint density at radius 1 is 1.55 bits per heavy atom. The average molecular weight is 315 g/mol. The number of aromatic nitrogens is 2. The van der Waals surface area contributed by atoms with Gasteiger partial charge in [-0.3, -0.25) is 5.10 Å². The number of rotatable bonds is 5. The molecule has 2 heterocycles. The molecule has 0 amide bonds. The van der Waals surface area contributed by atoms with Gasteiger partial charge >= 0.3 is 5.97 Å². The van der Waals surface area contributed by atoms with E-state index in [9.17, 15) is 13.2 Å². The number of aryl methyl sites for hydroxylation is 1. The molecule has 1 atom stereocenters. The second-order valence-corrected chi connectivity index (χ2v) is 6.66. The SMILES string of the molecule is Cc1[nH]nc(C(=O)O)c1S(=O)(=O)NC(C)c1ccsc1. The maximum atomic E-state index is 12.3. The third-order valence-electron chi connectivity index (χ3n) is 2.74. The van der Waals surface area contributed by atoms with E-state index < -0.39 is 27.7 Å². The summed E-state index contributed by atoms with van der Waals surface area (Å²) >= 11 is 1.46. The number of aromatic carboxylic acids is 1. The average Bonchev–Trinajstić information content (AvgIpc) is 2.96. The van der Waals surface area contributed by atoms with Crippen molar-refractivity contribution in [3.8, 4) is 0 Å². The topological polar surface area (TPSA) is 112 Å². The molecule has 3 N–H and O–H groups in total. The molecule has 0 aromatic carbocycles. The Hall–Kier alpha value is -1.71. The summed E-state index contributed by atoms with van der Waals surface area (Å²) in [6, 6.07) is 1.35. The molecular formula is C11H13N3O4S2. The van der Waals surface area contributed by atoms with E-state index in [0.29, 0.717) is 0 Å². The van der Waals surface area contributed by atoms with Crippen LogP contribution < -0.4 is 4.72 Å². The molecule has 1 unspecified atom stereocenters. The first-order valence-electron chi connectivity index (χ1n) is 5.65. The zero-order valence-electron chi connectivity index (χ0n) is 10.7. The van der Waals surface area contributed by atoms with Crippen LogP contribution in [0.1, 0.15) is 34.7 Å². The Labute approximate surface area is 119 Å². The third-order valence-corrected chi connectivity index (χ3v) is 5.14. The molecule has 7 nitrogen and oxygen atoms in total. The first-order chi connectivity index (χ1) is 9.33. The molecule has 20 heavy (non-hydrogen) atoms. The highest BCUT2D eigenvalue weighted by molar-refractivity contribution is 7.89. The Kier molecular flexibility index (Phi) is 3.93. The monoisotopic (exact) mass is 315 g/mol. The number of carboxylic acids is 1. The molecule has 0 aliphatic carbocycles. The standard InChI is InChI=1S/C11H13N3O4S2/c1-6(8-3-4-19-5-8)14-20(17,18)10-7(2)12-13-9(10)11(15)16/h3-6,14H,1-2H3,(H,12,13)(H,15,16). The Bertz CT molecular complexity index is 719. The number of H-pyrrole nitrogens is 1. The van der Waals surface area contributed by atoms with Gasteiger partial charge in [-0.05, 0) is 36.2 Å². The van der Waals surface area contributed by atoms with Crippen LogP contribution in [0.3, 0.4) is 0 Å². The van der Waals surface area contributed by atoms with E-state index in [2.05, 4.69) is 14.9 Å². The predicted octanol–water partition coefficient (Wildman–Crippen LogP) is 1.52. The molecule has 2 aromatic rings. The van der Waals surface area contributed by atoms with Gasteiger partial charge in [0.05, 0.1) is 5.69 Å². The highest BCUT2D eigenvalue weighted by atomic mass is 32.2. The molecule has 0 aliphatic rings. The van der Waals surface area contributed by atoms with Gasteiger partial charge in [0.25, 0.3) is 0 Å². The summed E-state index contributed by atoms with van der Waals surface area (Å²) < 4.78 is 27.1. The predicted molar refractivity (Wildman–Crippen MR) is 73.3 cm³/mol. The number of nitrogens with one attached hydrogen (secondary N) is 2. The molecule has 2 rings (SSSR count). The van der Waals surface area contributed by atoms with E-state index >= 15 is 0 Å². The molecule has 9 heteroatoms. The van der Waals surface area contributed by atoms with Crippen LogP contribution in [0.2, 0.25) is 0 Å². The fourth-order valence-electron chi connectivity index (χ4n) is 1.77. The highest BCUT2D eigenvalue weighted by Crippen LogP contribution is 2.22. The maximum absolute atomic E-state index is 12.3. The van der Waals surface area contributed by atoms with Crippen molar-refractivity contribution >= 4 is 27.3 Å². The number of carboxylic acid groups (broad SMARTS) is 1. The van der Waals surface area contributed by atoms with Gasteiger partial charge in [0, 0.05) is 6.04 Å². The van der Waals surface area contributed by atoms with E-state index in [-0.39, 0.29) is 10.6 Å². The maximum Gasteiger partial charge on any atom is 0.357 e. The Morgan fingerprint density at radius 3 is 2.80 bits per heavy atom. The summed E-state index contributed by atoms with van der Waals surface area (Å²) in [7, 11) is -3.97. The van der Waals surface area contributed by atoms with Crippen molar-refractivity contribution in [1.82, 2.24) is 14.9 Å². The summed E-state index contributed by atoms with van der Waals surface area (Å²) in [6.07, 6.45) is 0. The lowest BCUT2D eigenvalue weighted by molar-refractivity contribution is 0.0686. The van der Waals surface area contributed by atoms with Gasteiger partial charge < -0.3 is 5.11 Å². The first kappa shape index (κ1) is 14.7. The minimum Gasteiger partial charge on any atom is -0.476 e. The quantitative estimate of drug-likeness (QED) is 0.774. The molecule has 0 bridgehead atoms. The second kappa shape index (κ2) is 5.35. The summed E-state index contributed by atoms with van der Waals surface area (Å²) in [5.74, 6) is -1.39. The molecule has 0 aliphatic heterocycles. The van der Waals surface area contributed by atoms with Crippen molar-refractivity contribution in [3.63, 3.8) is 0 Å². The van der Waals surface area contributed by atoms with Gasteiger partial charge in [-0.25, -0.2) is 17.9 Å². The van der Waals surface area contributed by atoms with Crippen LogP contribution in [0.15, 0.2) is 21.7 Å². The molecule has 0 spiro atoms. The molecule has 0 radical (unpaired) electrons. The molecule has 2 aromatic heterocycles. The summed E-state index contributed by atoms with van der Waals surface area (Å²) in [5.41, 5.74) is 0.497. The largest absolute Gasteiger partial charge is 0.476 e. The minimum absolute atomic E-state index is 0.187. The van der Waals surface area contributed by atoms with Crippen molar-refractivity contribution in [3.05, 3.63) is 33.8 Å². The number of hydrogen-bond acceptors (Lipinski definition) is 5. The fraction of sp³-hybridized carbons (Fsp3) is 0.273. The molecule has 0 fully saturated rings. The van der Waals surface area contributed by atoms with Crippen molar-refractivity contribution in [2.75, 3.05) is 0 Å². The van der Waals surface area contributed by atoms with Gasteiger partial charge in [-0.15, -0.1) is 0 Å². The normalized spacial score (nSPS) is 13.3. The third kappa shape index (κ3) is 2.74. The summed E-state index contributed by atoms with van der Waals surface area (Å²) in [5, 5.41) is 18.5. The highest BCUT2D eigenvalue weighted by Gasteiger charge is 2.29. The van der Waals surface area contributed by atoms with Crippen molar-refractivity contribution in [1.29, 1.82) is 0 Å². The van der Waals surface area contributed by atoms with E-state index in [1.807, 2.05) is 10.8 Å². The van der Waals surface area contributed by atoms with Crippen LogP contribution in [-0.4, -0.2) is 29.7 Å². The molecule has 0 saturated carbocycles. The number of hydrogen-bond donors (Lipinski definition) is 3. The lowest BCUT2D eigenvalue weighted by Gasteiger charge is -2.13. The second-order valence-electron chi connectivity index (χ2n) is 4.23. The first-order valence-corrected chi connectivity index (χ1v) is 8.08. The van der Waals surface area contributed by atoms with Crippen LogP contribution in [0.25, 0.3) is 0 Å². The summed E-state index contributed by atoms with van der Waals surface area (Å²) in [4.78, 5) is 10.7. The van der Waals surface area contributed by atoms with E-state index in [1.165, 1.54) is 18.3 Å². The van der Waals surface area contributed by atoms with Crippen LogP contribution in [0.4, 0.5) is 0 Å². The van der Waals surface area contributed by atoms with Gasteiger partial charge in [0.1, 0.15) is 4.90 Å². The summed E-state index contributed by atoms with van der Waals surface area (Å²) in [6.45, 7) is 3.15. The Morgan fingerprint density at radius 2 is 2.25 bits per heavy atom. The van der Waals surface area contributed by atoms with E-state index in [1.54, 1.807) is 13.0 Å². The Balaban J connectivity index is 2.36. The minimum atomic E-state index is -3.97. The smallest absolute Gasteiger partial charge is 0.357 e. The lowest BCUT2D eigenvalue weighted by Crippen LogP contribution is -2.28. The van der Waals surface area contributed by atoms with Crippen molar-refractivity contribution < 1.29 is 18.3 Å². The van der Waals surface area contributed by atoms with Gasteiger partial charge in [0.2, 0.25) is 10.0 Å². The van der Waals surface area contributed by atoms with Crippen LogP contribution >= 0.6 is 11.3 Å². The number of nitrogens with zero attached hydrogens (tertiary/aromatic N) is 1. The van der Waals surface area contributed by atoms with Crippen LogP contribution in [0, 0.1) is 6.92 Å². The van der Waals surface area contributed by atoms with Crippen molar-refractivity contribution in [2.45, 2.75) is 24.8 Å². The fourth-order valence-corrected chi connectivity index (χ4v) is 4.08. The molecular weight excluding hydrogens is 302 g/mol. The van der Waals surface area contributed by atoms with Gasteiger partial charge in [-0.1, -0.05) is 0 Å². The van der Waals surface area contributed by atoms with Crippen molar-refractivity contribution in [2.24, 2.45) is 0 Å². The van der Waals surface area contributed by atoms with Gasteiger partial charge in [0.15, 0.2) is 5.69 Å². The number of carbonyl (C=O) groups is 1. The van der Waals surface area contributed by atoms with E-state index in [0.717, 1.165) is 5.56 Å². The number of sulfonamides is 1. The number of thiophene rings is 1. The molecule has 108 valence electrons. The van der Waals surface area contributed by atoms with Crippen LogP contribution in [0.5, 0.6) is 0 Å².